The second kappa shape index (κ2) is 5.03. The molecule has 0 aromatic heterocycles. The van der Waals surface area contributed by atoms with Gasteiger partial charge in [0.2, 0.25) is 0 Å². The Balaban J connectivity index is 3.86. The number of ether oxygens (including phenoxy) is 1. The van der Waals surface area contributed by atoms with Gasteiger partial charge in [-0.2, -0.15) is 0 Å². The highest BCUT2D eigenvalue weighted by Crippen LogP contribution is 1.91. The maximum Gasteiger partial charge on any atom is 0.320 e. The highest BCUT2D eigenvalue weighted by molar-refractivity contribution is 7.85. The zero-order chi connectivity index (χ0) is 8.85. The summed E-state index contributed by atoms with van der Waals surface area (Å²) in [4.78, 5) is 10.6. The van der Waals surface area contributed by atoms with E-state index in [-0.39, 0.29) is 6.54 Å². The van der Waals surface area contributed by atoms with Crippen LogP contribution in [-0.2, 0) is 20.5 Å². The number of carbonyl (C=O) groups excluding carboxylic acids is 1. The molecule has 4 nitrogen and oxygen atoms in total. The second-order valence-electron chi connectivity index (χ2n) is 1.80. The largest absolute Gasteiger partial charge is 0.468 e. The first-order valence-corrected chi connectivity index (χ1v) is 4.10. The Morgan fingerprint density at radius 2 is 2.36 bits per heavy atom. The molecule has 0 saturated heterocycles. The molecule has 0 N–H and O–H groups in total. The third-order valence-corrected chi connectivity index (χ3v) is 2.06. The van der Waals surface area contributed by atoms with E-state index in [1.807, 2.05) is 0 Å². The Hall–Kier alpha value is -0.680. The monoisotopic (exact) mass is 177 g/mol. The summed E-state index contributed by atoms with van der Waals surface area (Å²) >= 11 is 0. The zero-order valence-corrected chi connectivity index (χ0v) is 7.39. The maximum absolute atomic E-state index is 10.9. The lowest BCUT2D eigenvalue weighted by molar-refractivity contribution is -0.140. The minimum Gasteiger partial charge on any atom is -0.468 e. The van der Waals surface area contributed by atoms with Crippen molar-refractivity contribution in [2.75, 3.05) is 20.7 Å². The zero-order valence-electron chi connectivity index (χ0n) is 6.57. The molecule has 5 heteroatoms. The van der Waals surface area contributed by atoms with Gasteiger partial charge in [-0.3, -0.25) is 4.79 Å². The van der Waals surface area contributed by atoms with E-state index in [0.29, 0.717) is 0 Å². The molecule has 0 fully saturated rings. The topological polar surface area (TPSA) is 46.6 Å². The fourth-order valence-electron chi connectivity index (χ4n) is 0.437. The molecule has 0 bridgehead atoms. The number of hydrogen-bond donors (Lipinski definition) is 0. The van der Waals surface area contributed by atoms with Crippen molar-refractivity contribution in [1.82, 2.24) is 4.31 Å². The number of esters is 1. The predicted molar refractivity (Wildman–Crippen MR) is 43.0 cm³/mol. The number of methoxy groups -OCH3 is 1. The van der Waals surface area contributed by atoms with Gasteiger partial charge in [-0.25, -0.2) is 8.51 Å². The standard InChI is InChI=1S/C6H11NO3S/c1-4-11(9)7(2)5-6(8)10-3/h4H,1,5H2,2-3H3. The molecule has 0 spiro atoms. The fraction of sp³-hybridized carbons (Fsp3) is 0.500. The minimum atomic E-state index is -1.30. The van der Waals surface area contributed by atoms with Crippen molar-refractivity contribution in [3.05, 3.63) is 12.0 Å². The van der Waals surface area contributed by atoms with Gasteiger partial charge in [-0.1, -0.05) is 6.58 Å². The summed E-state index contributed by atoms with van der Waals surface area (Å²) in [6.07, 6.45) is 0. The summed E-state index contributed by atoms with van der Waals surface area (Å²) in [5.41, 5.74) is 0. The summed E-state index contributed by atoms with van der Waals surface area (Å²) < 4.78 is 16.6. The van der Waals surface area contributed by atoms with Gasteiger partial charge >= 0.3 is 5.97 Å². The predicted octanol–water partition coefficient (Wildman–Crippen LogP) is -0.102. The van der Waals surface area contributed by atoms with Crippen molar-refractivity contribution in [3.8, 4) is 0 Å². The van der Waals surface area contributed by atoms with Crippen molar-refractivity contribution in [2.45, 2.75) is 0 Å². The SMILES string of the molecule is C=CS(=O)N(C)CC(=O)OC. The van der Waals surface area contributed by atoms with Gasteiger partial charge in [0.1, 0.15) is 17.5 Å². The molecule has 0 aromatic carbocycles. The van der Waals surface area contributed by atoms with Crippen LogP contribution >= 0.6 is 0 Å². The molecular weight excluding hydrogens is 166 g/mol. The van der Waals surface area contributed by atoms with Gasteiger partial charge < -0.3 is 4.74 Å². The van der Waals surface area contributed by atoms with E-state index in [1.54, 1.807) is 7.05 Å². The van der Waals surface area contributed by atoms with Crippen LogP contribution < -0.4 is 0 Å². The van der Waals surface area contributed by atoms with E-state index in [1.165, 1.54) is 16.8 Å². The van der Waals surface area contributed by atoms with Crippen molar-refractivity contribution in [1.29, 1.82) is 0 Å². The molecular formula is C6H11NO3S. The van der Waals surface area contributed by atoms with Gasteiger partial charge in [0.25, 0.3) is 0 Å². The van der Waals surface area contributed by atoms with E-state index >= 15 is 0 Å². The van der Waals surface area contributed by atoms with E-state index in [2.05, 4.69) is 11.3 Å². The Bertz CT molecular complexity index is 181. The minimum absolute atomic E-state index is 0.00906. The van der Waals surface area contributed by atoms with E-state index < -0.39 is 17.0 Å². The fourth-order valence-corrected chi connectivity index (χ4v) is 0.924. The number of likely N-dealkylation sites (N-methyl/N-ethyl adjacent to an activating group) is 1. The Morgan fingerprint density at radius 1 is 1.82 bits per heavy atom. The van der Waals surface area contributed by atoms with Crippen molar-refractivity contribution < 1.29 is 13.7 Å². The summed E-state index contributed by atoms with van der Waals surface area (Å²) in [7, 11) is 1.54. The first kappa shape index (κ1) is 10.3. The summed E-state index contributed by atoms with van der Waals surface area (Å²) in [5, 5.41) is 1.25. The van der Waals surface area contributed by atoms with Gasteiger partial charge in [-0.15, -0.1) is 0 Å². The second-order valence-corrected chi connectivity index (χ2v) is 3.31. The molecule has 0 aliphatic carbocycles. The molecule has 1 atom stereocenters. The normalized spacial score (nSPS) is 12.6. The molecule has 0 aliphatic heterocycles. The van der Waals surface area contributed by atoms with Gasteiger partial charge in [0.15, 0.2) is 0 Å². The van der Waals surface area contributed by atoms with Crippen LogP contribution in [0.25, 0.3) is 0 Å². The lowest BCUT2D eigenvalue weighted by Gasteiger charge is -2.10. The maximum atomic E-state index is 10.9. The molecule has 1 unspecified atom stereocenters. The molecule has 0 heterocycles. The van der Waals surface area contributed by atoms with Gasteiger partial charge in [0, 0.05) is 12.5 Å². The van der Waals surface area contributed by atoms with E-state index in [4.69, 9.17) is 0 Å². The Morgan fingerprint density at radius 3 is 2.73 bits per heavy atom. The molecule has 11 heavy (non-hydrogen) atoms. The van der Waals surface area contributed by atoms with E-state index in [9.17, 15) is 9.00 Å². The summed E-state index contributed by atoms with van der Waals surface area (Å²) in [6, 6.07) is 0. The Kier molecular flexibility index (Phi) is 4.72. The van der Waals surface area contributed by atoms with E-state index in [0.717, 1.165) is 0 Å². The van der Waals surface area contributed by atoms with Crippen LogP contribution in [-0.4, -0.2) is 35.2 Å². The highest BCUT2D eigenvalue weighted by Gasteiger charge is 2.08. The highest BCUT2D eigenvalue weighted by atomic mass is 32.2. The quantitative estimate of drug-likeness (QED) is 0.563. The summed E-state index contributed by atoms with van der Waals surface area (Å²) in [6.45, 7) is 3.33. The summed E-state index contributed by atoms with van der Waals surface area (Å²) in [5.74, 6) is -0.414. The number of carbonyl (C=O) groups is 1. The van der Waals surface area contributed by atoms with Crippen molar-refractivity contribution in [3.63, 3.8) is 0 Å². The van der Waals surface area contributed by atoms with Crippen LogP contribution in [0.1, 0.15) is 0 Å². The first-order chi connectivity index (χ1) is 5.11. The van der Waals surface area contributed by atoms with Gasteiger partial charge in [0.05, 0.1) is 7.11 Å². The molecule has 0 aliphatic rings. The molecule has 0 saturated carbocycles. The smallest absolute Gasteiger partial charge is 0.320 e. The molecule has 0 aromatic rings. The average molecular weight is 177 g/mol. The molecule has 0 rings (SSSR count). The first-order valence-electron chi connectivity index (χ1n) is 2.93. The van der Waals surface area contributed by atoms with Gasteiger partial charge in [-0.05, 0) is 0 Å². The third-order valence-electron chi connectivity index (χ3n) is 1.03. The number of rotatable bonds is 4. The van der Waals surface area contributed by atoms with Crippen LogP contribution in [0.3, 0.4) is 0 Å². The van der Waals surface area contributed by atoms with Crippen LogP contribution in [0.5, 0.6) is 0 Å². The van der Waals surface area contributed by atoms with Crippen LogP contribution in [0.15, 0.2) is 12.0 Å². The third kappa shape index (κ3) is 3.90. The van der Waals surface area contributed by atoms with Crippen molar-refractivity contribution >= 4 is 17.0 Å². The Labute approximate surface area is 68.4 Å². The van der Waals surface area contributed by atoms with Crippen LogP contribution in [0.2, 0.25) is 0 Å². The molecule has 64 valence electrons. The van der Waals surface area contributed by atoms with Crippen molar-refractivity contribution in [2.24, 2.45) is 0 Å². The average Bonchev–Trinajstić information content (AvgIpc) is 2.02. The van der Waals surface area contributed by atoms with Crippen LogP contribution in [0.4, 0.5) is 0 Å². The number of hydrogen-bond acceptors (Lipinski definition) is 3. The number of nitrogens with zero attached hydrogens (tertiary/aromatic N) is 1. The lowest BCUT2D eigenvalue weighted by Crippen LogP contribution is -2.27. The van der Waals surface area contributed by atoms with Crippen LogP contribution in [0, 0.1) is 0 Å². The molecule has 0 radical (unpaired) electrons. The lowest BCUT2D eigenvalue weighted by atomic mass is 10.7. The molecule has 0 amide bonds.